The molecule has 26 heavy (non-hydrogen) atoms. The third-order valence-corrected chi connectivity index (χ3v) is 6.08. The van der Waals surface area contributed by atoms with E-state index in [0.29, 0.717) is 16.9 Å². The van der Waals surface area contributed by atoms with Crippen molar-refractivity contribution in [3.63, 3.8) is 0 Å². The van der Waals surface area contributed by atoms with Crippen LogP contribution in [0.25, 0.3) is 0 Å². The van der Waals surface area contributed by atoms with Crippen molar-refractivity contribution in [3.05, 3.63) is 53.6 Å². The summed E-state index contributed by atoms with van der Waals surface area (Å²) in [6.45, 7) is 5.47. The predicted octanol–water partition coefficient (Wildman–Crippen LogP) is 3.28. The summed E-state index contributed by atoms with van der Waals surface area (Å²) in [7, 11) is -2.04. The van der Waals surface area contributed by atoms with Gasteiger partial charge >= 0.3 is 0 Å². The minimum absolute atomic E-state index is 0. The van der Waals surface area contributed by atoms with Crippen LogP contribution in [0, 0.1) is 6.92 Å². The first-order chi connectivity index (χ1) is 11.6. The molecule has 2 aromatic rings. The second-order valence-corrected chi connectivity index (χ2v) is 8.17. The number of amides is 1. The molecule has 0 unspecified atom stereocenters. The smallest absolute Gasteiger partial charge is 0.255 e. The molecule has 0 saturated carbocycles. The van der Waals surface area contributed by atoms with Crippen LogP contribution >= 0.6 is 12.4 Å². The van der Waals surface area contributed by atoms with Gasteiger partial charge in [0.05, 0.1) is 4.90 Å². The number of halogens is 1. The van der Waals surface area contributed by atoms with Crippen LogP contribution < -0.4 is 11.1 Å². The lowest BCUT2D eigenvalue weighted by molar-refractivity contribution is 0.102. The van der Waals surface area contributed by atoms with E-state index in [1.54, 1.807) is 26.0 Å². The first kappa shape index (κ1) is 22.0. The number of anilines is 2. The molecule has 2 aromatic carbocycles. The number of aryl methyl sites for hydroxylation is 1. The lowest BCUT2D eigenvalue weighted by atomic mass is 10.1. The molecule has 0 aliphatic rings. The second-order valence-electron chi connectivity index (χ2n) is 6.17. The van der Waals surface area contributed by atoms with Crippen LogP contribution in [0.15, 0.2) is 47.4 Å². The van der Waals surface area contributed by atoms with Crippen molar-refractivity contribution in [2.45, 2.75) is 31.7 Å². The zero-order chi connectivity index (χ0) is 18.8. The fourth-order valence-corrected chi connectivity index (χ4v) is 3.56. The number of carbonyl (C=O) groups is 1. The summed E-state index contributed by atoms with van der Waals surface area (Å²) in [5.74, 6) is -0.324. The van der Waals surface area contributed by atoms with Crippen LogP contribution in [-0.4, -0.2) is 31.7 Å². The van der Waals surface area contributed by atoms with Gasteiger partial charge in [0, 0.05) is 30.0 Å². The third-order valence-electron chi connectivity index (χ3n) is 4.03. The zero-order valence-corrected chi connectivity index (χ0v) is 16.8. The highest BCUT2D eigenvalue weighted by Crippen LogP contribution is 2.20. The number of hydrogen-bond acceptors (Lipinski definition) is 4. The quantitative estimate of drug-likeness (QED) is 0.757. The van der Waals surface area contributed by atoms with Crippen molar-refractivity contribution >= 4 is 39.7 Å². The van der Waals surface area contributed by atoms with Gasteiger partial charge < -0.3 is 11.1 Å². The standard InChI is InChI=1S/C18H23N3O3S.ClH/c1-12(2)21(4)25(23,24)16-9-6-14(7-10-16)18(22)20-17-11-15(19)8-5-13(17)3;/h5-12H,19H2,1-4H3,(H,20,22);1H. The number of benzene rings is 2. The molecule has 8 heteroatoms. The van der Waals surface area contributed by atoms with Crippen molar-refractivity contribution in [1.82, 2.24) is 4.31 Å². The zero-order valence-electron chi connectivity index (χ0n) is 15.2. The summed E-state index contributed by atoms with van der Waals surface area (Å²) in [6.07, 6.45) is 0. The van der Waals surface area contributed by atoms with Gasteiger partial charge in [-0.15, -0.1) is 12.4 Å². The lowest BCUT2D eigenvalue weighted by Gasteiger charge is -2.21. The Morgan fingerprint density at radius 2 is 1.69 bits per heavy atom. The van der Waals surface area contributed by atoms with Gasteiger partial charge in [-0.3, -0.25) is 4.79 Å². The van der Waals surface area contributed by atoms with Crippen LogP contribution in [0.4, 0.5) is 11.4 Å². The van der Waals surface area contributed by atoms with Gasteiger partial charge in [0.1, 0.15) is 0 Å². The Kier molecular flexibility index (Phi) is 7.20. The van der Waals surface area contributed by atoms with E-state index < -0.39 is 10.0 Å². The monoisotopic (exact) mass is 397 g/mol. The van der Waals surface area contributed by atoms with Gasteiger partial charge in [0.15, 0.2) is 0 Å². The highest BCUT2D eigenvalue weighted by atomic mass is 35.5. The number of nitrogens with zero attached hydrogens (tertiary/aromatic N) is 1. The molecule has 0 aromatic heterocycles. The normalized spacial score (nSPS) is 11.3. The largest absolute Gasteiger partial charge is 0.399 e. The number of nitrogen functional groups attached to an aromatic ring is 1. The van der Waals surface area contributed by atoms with E-state index in [9.17, 15) is 13.2 Å². The molecule has 3 N–H and O–H groups in total. The molecule has 0 saturated heterocycles. The summed E-state index contributed by atoms with van der Waals surface area (Å²) in [6, 6.07) is 11.0. The van der Waals surface area contributed by atoms with E-state index in [0.717, 1.165) is 5.56 Å². The lowest BCUT2D eigenvalue weighted by Crippen LogP contribution is -2.33. The van der Waals surface area contributed by atoms with E-state index in [1.165, 1.54) is 35.6 Å². The van der Waals surface area contributed by atoms with Crippen molar-refractivity contribution in [3.8, 4) is 0 Å². The molecule has 1 amide bonds. The molecule has 2 rings (SSSR count). The number of nitrogens with two attached hydrogens (primary N) is 1. The van der Waals surface area contributed by atoms with E-state index in [1.807, 2.05) is 13.0 Å². The maximum Gasteiger partial charge on any atom is 0.255 e. The summed E-state index contributed by atoms with van der Waals surface area (Å²) in [5.41, 5.74) is 8.18. The highest BCUT2D eigenvalue weighted by molar-refractivity contribution is 7.89. The highest BCUT2D eigenvalue weighted by Gasteiger charge is 2.23. The second kappa shape index (κ2) is 8.53. The van der Waals surface area contributed by atoms with Gasteiger partial charge in [-0.2, -0.15) is 4.31 Å². The van der Waals surface area contributed by atoms with Crippen LogP contribution in [0.2, 0.25) is 0 Å². The molecule has 0 atom stereocenters. The van der Waals surface area contributed by atoms with Crippen LogP contribution in [0.5, 0.6) is 0 Å². The molecule has 6 nitrogen and oxygen atoms in total. The molecule has 0 radical (unpaired) electrons. The Morgan fingerprint density at radius 3 is 2.23 bits per heavy atom. The summed E-state index contributed by atoms with van der Waals surface area (Å²) in [5, 5.41) is 2.79. The van der Waals surface area contributed by atoms with E-state index in [2.05, 4.69) is 5.32 Å². The van der Waals surface area contributed by atoms with Crippen LogP contribution in [0.3, 0.4) is 0 Å². The molecule has 0 heterocycles. The summed E-state index contributed by atoms with van der Waals surface area (Å²) < 4.78 is 26.2. The molecule has 0 aliphatic carbocycles. The maximum atomic E-state index is 12.4. The molecular formula is C18H24ClN3O3S. The van der Waals surface area contributed by atoms with Gasteiger partial charge in [-0.05, 0) is 62.7 Å². The minimum atomic E-state index is -3.57. The molecule has 0 spiro atoms. The fraction of sp³-hybridized carbons (Fsp3) is 0.278. The number of rotatable bonds is 5. The van der Waals surface area contributed by atoms with E-state index in [4.69, 9.17) is 5.73 Å². The summed E-state index contributed by atoms with van der Waals surface area (Å²) in [4.78, 5) is 12.5. The molecule has 0 aliphatic heterocycles. The Balaban J connectivity index is 0.00000338. The number of hydrogen-bond donors (Lipinski definition) is 2. The predicted molar refractivity (Wildman–Crippen MR) is 107 cm³/mol. The third kappa shape index (κ3) is 4.75. The first-order valence-electron chi connectivity index (χ1n) is 7.88. The maximum absolute atomic E-state index is 12.4. The molecule has 0 bridgehead atoms. The Bertz CT molecular complexity index is 881. The van der Waals surface area contributed by atoms with Gasteiger partial charge in [-0.25, -0.2) is 8.42 Å². The first-order valence-corrected chi connectivity index (χ1v) is 9.32. The van der Waals surface area contributed by atoms with Crippen molar-refractivity contribution in [1.29, 1.82) is 0 Å². The van der Waals surface area contributed by atoms with Gasteiger partial charge in [0.2, 0.25) is 10.0 Å². The number of nitrogens with one attached hydrogen (secondary N) is 1. The Hall–Kier alpha value is -2.09. The Labute approximate surface area is 160 Å². The average Bonchev–Trinajstić information content (AvgIpc) is 2.57. The molecular weight excluding hydrogens is 374 g/mol. The minimum Gasteiger partial charge on any atom is -0.399 e. The van der Waals surface area contributed by atoms with Crippen LogP contribution in [-0.2, 0) is 10.0 Å². The number of sulfonamides is 1. The van der Waals surface area contributed by atoms with E-state index in [-0.39, 0.29) is 29.3 Å². The number of carbonyl (C=O) groups excluding carboxylic acids is 1. The average molecular weight is 398 g/mol. The molecule has 0 fully saturated rings. The van der Waals surface area contributed by atoms with Crippen LogP contribution in [0.1, 0.15) is 29.8 Å². The SMILES string of the molecule is Cc1ccc(N)cc1NC(=O)c1ccc(S(=O)(=O)N(C)C(C)C)cc1.Cl. The Morgan fingerprint density at radius 1 is 1.12 bits per heavy atom. The molecule has 142 valence electrons. The van der Waals surface area contributed by atoms with Gasteiger partial charge in [-0.1, -0.05) is 6.07 Å². The van der Waals surface area contributed by atoms with Crippen molar-refractivity contribution < 1.29 is 13.2 Å². The van der Waals surface area contributed by atoms with Crippen molar-refractivity contribution in [2.24, 2.45) is 0 Å². The van der Waals surface area contributed by atoms with Crippen molar-refractivity contribution in [2.75, 3.05) is 18.1 Å². The van der Waals surface area contributed by atoms with Gasteiger partial charge in [0.25, 0.3) is 5.91 Å². The van der Waals surface area contributed by atoms with E-state index >= 15 is 0 Å². The summed E-state index contributed by atoms with van der Waals surface area (Å²) >= 11 is 0. The fourth-order valence-electron chi connectivity index (χ4n) is 2.19. The topological polar surface area (TPSA) is 92.5 Å².